The molecule has 1 amide bonds. The highest BCUT2D eigenvalue weighted by atomic mass is 35.5. The van der Waals surface area contributed by atoms with E-state index < -0.39 is 0 Å². The molecule has 0 radical (unpaired) electrons. The van der Waals surface area contributed by atoms with Gasteiger partial charge in [-0.2, -0.15) is 0 Å². The van der Waals surface area contributed by atoms with E-state index in [1.807, 2.05) is 25.1 Å². The summed E-state index contributed by atoms with van der Waals surface area (Å²) in [6.45, 7) is 2.82. The first kappa shape index (κ1) is 20.9. The Bertz CT molecular complexity index is 1140. The number of aromatic nitrogens is 3. The summed E-state index contributed by atoms with van der Waals surface area (Å²) in [6, 6.07) is 10.9. The van der Waals surface area contributed by atoms with Crippen molar-refractivity contribution in [1.82, 2.24) is 20.1 Å². The van der Waals surface area contributed by atoms with Crippen molar-refractivity contribution in [2.75, 3.05) is 6.54 Å². The molecule has 0 saturated heterocycles. The molecule has 9 heteroatoms. The largest absolute Gasteiger partial charge is 0.459 e. The van der Waals surface area contributed by atoms with Crippen molar-refractivity contribution in [2.45, 2.75) is 32.7 Å². The van der Waals surface area contributed by atoms with E-state index >= 15 is 0 Å². The van der Waals surface area contributed by atoms with E-state index in [-0.39, 0.29) is 24.8 Å². The van der Waals surface area contributed by atoms with Crippen molar-refractivity contribution >= 4 is 17.5 Å². The molecule has 3 heterocycles. The van der Waals surface area contributed by atoms with E-state index in [0.717, 1.165) is 12.0 Å². The summed E-state index contributed by atoms with van der Waals surface area (Å²) in [4.78, 5) is 18.8. The third kappa shape index (κ3) is 5.03. The van der Waals surface area contributed by atoms with Gasteiger partial charge in [-0.3, -0.25) is 4.79 Å². The smallest absolute Gasteiger partial charge is 0.283 e. The van der Waals surface area contributed by atoms with E-state index in [1.165, 1.54) is 6.26 Å². The van der Waals surface area contributed by atoms with Gasteiger partial charge in [0.2, 0.25) is 11.8 Å². The topological polar surface area (TPSA) is 98.4 Å². The highest BCUT2D eigenvalue weighted by Gasteiger charge is 2.19. The molecule has 0 bridgehead atoms. The molecule has 8 nitrogen and oxygen atoms in total. The quantitative estimate of drug-likeness (QED) is 0.360. The lowest BCUT2D eigenvalue weighted by molar-refractivity contribution is -0.132. The molecule has 0 N–H and O–H groups in total. The second kappa shape index (κ2) is 9.61. The Hall–Kier alpha value is -3.39. The summed E-state index contributed by atoms with van der Waals surface area (Å²) >= 11 is 6.21. The van der Waals surface area contributed by atoms with Gasteiger partial charge in [0.15, 0.2) is 17.4 Å². The molecule has 0 aliphatic carbocycles. The zero-order valence-electron chi connectivity index (χ0n) is 17.0. The van der Waals surface area contributed by atoms with Crippen molar-refractivity contribution in [1.29, 1.82) is 0 Å². The number of rotatable bonds is 9. The van der Waals surface area contributed by atoms with Crippen LogP contribution in [-0.4, -0.2) is 32.5 Å². The summed E-state index contributed by atoms with van der Waals surface area (Å²) in [5, 5.41) is 8.59. The van der Waals surface area contributed by atoms with Crippen molar-refractivity contribution < 1.29 is 18.0 Å². The van der Waals surface area contributed by atoms with Crippen LogP contribution in [0.2, 0.25) is 5.02 Å². The zero-order valence-corrected chi connectivity index (χ0v) is 17.7. The monoisotopic (exact) mass is 440 g/mol. The Labute approximate surface area is 183 Å². The summed E-state index contributed by atoms with van der Waals surface area (Å²) in [5.41, 5.74) is 0.769. The third-order valence-electron chi connectivity index (χ3n) is 4.62. The number of carbonyl (C=O) groups excluding carboxylic acids is 1. The fourth-order valence-electron chi connectivity index (χ4n) is 3.13. The first-order valence-corrected chi connectivity index (χ1v) is 10.4. The van der Waals surface area contributed by atoms with Gasteiger partial charge in [-0.15, -0.1) is 10.2 Å². The number of amides is 1. The Balaban J connectivity index is 1.37. The van der Waals surface area contributed by atoms with E-state index in [0.29, 0.717) is 41.3 Å². The van der Waals surface area contributed by atoms with Gasteiger partial charge in [0, 0.05) is 24.9 Å². The first-order valence-electron chi connectivity index (χ1n) is 9.97. The second-order valence-corrected chi connectivity index (χ2v) is 7.30. The molecule has 4 rings (SSSR count). The molecule has 0 unspecified atom stereocenters. The number of hydrogen-bond donors (Lipinski definition) is 0. The average Bonchev–Trinajstić information content (AvgIpc) is 3.53. The van der Waals surface area contributed by atoms with Gasteiger partial charge in [-0.25, -0.2) is 4.98 Å². The van der Waals surface area contributed by atoms with E-state index in [1.54, 1.807) is 29.3 Å². The van der Waals surface area contributed by atoms with Crippen LogP contribution in [0.25, 0.3) is 23.0 Å². The van der Waals surface area contributed by atoms with Gasteiger partial charge >= 0.3 is 0 Å². The molecule has 0 aliphatic heterocycles. The third-order valence-corrected chi connectivity index (χ3v) is 4.95. The van der Waals surface area contributed by atoms with Crippen LogP contribution in [0, 0.1) is 0 Å². The number of aryl methyl sites for hydroxylation is 1. The lowest BCUT2D eigenvalue weighted by Gasteiger charge is -2.19. The van der Waals surface area contributed by atoms with Crippen molar-refractivity contribution in [3.05, 3.63) is 65.7 Å². The fraction of sp³-hybridized carbons (Fsp3) is 0.273. The van der Waals surface area contributed by atoms with Crippen LogP contribution in [0.5, 0.6) is 0 Å². The lowest BCUT2D eigenvalue weighted by atomic mass is 10.2. The molecular formula is C22H21ClN4O4. The standard InChI is InChI=1S/C22H21ClN4O4/c1-2-11-27(14-20-25-26-22(31-20)17-8-5-12-29-17)21(28)10-9-19-24-13-18(30-19)15-6-3-4-7-16(15)23/h3-8,12-13H,2,9-11,14H2,1H3. The van der Waals surface area contributed by atoms with Gasteiger partial charge in [-0.05, 0) is 30.7 Å². The number of carbonyl (C=O) groups is 1. The molecule has 0 saturated carbocycles. The van der Waals surface area contributed by atoms with Gasteiger partial charge in [0.25, 0.3) is 5.89 Å². The molecule has 160 valence electrons. The number of benzene rings is 1. The maximum Gasteiger partial charge on any atom is 0.283 e. The van der Waals surface area contributed by atoms with Crippen molar-refractivity contribution in [2.24, 2.45) is 0 Å². The van der Waals surface area contributed by atoms with Gasteiger partial charge in [0.05, 0.1) is 24.0 Å². The Morgan fingerprint density at radius 1 is 1.06 bits per heavy atom. The molecule has 0 aliphatic rings. The van der Waals surface area contributed by atoms with E-state index in [2.05, 4.69) is 15.2 Å². The SMILES string of the molecule is CCCN(Cc1nnc(-c2ccco2)o1)C(=O)CCc1ncc(-c2ccccc2Cl)o1. The molecule has 4 aromatic rings. The van der Waals surface area contributed by atoms with Gasteiger partial charge < -0.3 is 18.2 Å². The van der Waals surface area contributed by atoms with Gasteiger partial charge in [0.1, 0.15) is 0 Å². The van der Waals surface area contributed by atoms with Crippen molar-refractivity contribution in [3.63, 3.8) is 0 Å². The Morgan fingerprint density at radius 3 is 2.71 bits per heavy atom. The molecule has 1 aromatic carbocycles. The minimum Gasteiger partial charge on any atom is -0.459 e. The van der Waals surface area contributed by atoms with Crippen LogP contribution in [0.3, 0.4) is 0 Å². The van der Waals surface area contributed by atoms with Crippen LogP contribution in [-0.2, 0) is 17.8 Å². The number of halogens is 1. The number of nitrogens with zero attached hydrogens (tertiary/aromatic N) is 4. The van der Waals surface area contributed by atoms with E-state index in [9.17, 15) is 4.79 Å². The maximum atomic E-state index is 12.8. The van der Waals surface area contributed by atoms with Crippen LogP contribution < -0.4 is 0 Å². The highest BCUT2D eigenvalue weighted by Crippen LogP contribution is 2.28. The molecule has 0 fully saturated rings. The first-order chi connectivity index (χ1) is 15.1. The van der Waals surface area contributed by atoms with Crippen molar-refractivity contribution in [3.8, 4) is 23.0 Å². The van der Waals surface area contributed by atoms with Crippen LogP contribution in [0.15, 0.2) is 62.1 Å². The highest BCUT2D eigenvalue weighted by molar-refractivity contribution is 6.33. The summed E-state index contributed by atoms with van der Waals surface area (Å²) < 4.78 is 16.7. The fourth-order valence-corrected chi connectivity index (χ4v) is 3.35. The van der Waals surface area contributed by atoms with Crippen LogP contribution in [0.1, 0.15) is 31.5 Å². The minimum absolute atomic E-state index is 0.0444. The molecule has 3 aromatic heterocycles. The predicted octanol–water partition coefficient (Wildman–Crippen LogP) is 5.01. The van der Waals surface area contributed by atoms with E-state index in [4.69, 9.17) is 24.9 Å². The number of furan rings is 1. The summed E-state index contributed by atoms with van der Waals surface area (Å²) in [5.74, 6) is 2.15. The van der Waals surface area contributed by atoms with Crippen LogP contribution >= 0.6 is 11.6 Å². The molecule has 0 atom stereocenters. The minimum atomic E-state index is -0.0444. The molecule has 0 spiro atoms. The zero-order chi connectivity index (χ0) is 21.6. The summed E-state index contributed by atoms with van der Waals surface area (Å²) in [6.07, 6.45) is 4.60. The second-order valence-electron chi connectivity index (χ2n) is 6.89. The number of hydrogen-bond acceptors (Lipinski definition) is 7. The Kier molecular flexibility index (Phi) is 6.47. The lowest BCUT2D eigenvalue weighted by Crippen LogP contribution is -2.31. The summed E-state index contributed by atoms with van der Waals surface area (Å²) in [7, 11) is 0. The predicted molar refractivity (Wildman–Crippen MR) is 113 cm³/mol. The average molecular weight is 441 g/mol. The molecular weight excluding hydrogens is 420 g/mol. The Morgan fingerprint density at radius 2 is 1.94 bits per heavy atom. The maximum absolute atomic E-state index is 12.8. The van der Waals surface area contributed by atoms with Gasteiger partial charge in [-0.1, -0.05) is 30.7 Å². The normalized spacial score (nSPS) is 11.0. The molecule has 31 heavy (non-hydrogen) atoms. The number of oxazole rings is 1. The van der Waals surface area contributed by atoms with Crippen LogP contribution in [0.4, 0.5) is 0 Å².